The monoisotopic (exact) mass is 377 g/mol. The maximum atomic E-state index is 14.7. The number of nitrogens with one attached hydrogen (secondary N) is 2. The number of alkyl halides is 2. The summed E-state index contributed by atoms with van der Waals surface area (Å²) >= 11 is 12.1. The average Bonchev–Trinajstić information content (AvgIpc) is 3.08. The first-order valence-electron chi connectivity index (χ1n) is 7.29. The highest BCUT2D eigenvalue weighted by molar-refractivity contribution is 6.44. The molecular formula is C15H12Cl2F3N3O. The molecule has 1 amide bonds. The van der Waals surface area contributed by atoms with Gasteiger partial charge in [-0.25, -0.2) is 13.2 Å². The molecule has 3 heterocycles. The van der Waals surface area contributed by atoms with Crippen LogP contribution in [0.15, 0.2) is 12.1 Å². The number of carbonyl (C=O) groups excluding carboxylic acids is 1. The van der Waals surface area contributed by atoms with Gasteiger partial charge in [-0.1, -0.05) is 23.2 Å². The fourth-order valence-electron chi connectivity index (χ4n) is 3.46. The van der Waals surface area contributed by atoms with Gasteiger partial charge in [0, 0.05) is 24.0 Å². The summed E-state index contributed by atoms with van der Waals surface area (Å²) in [6.07, 6.45) is 0. The van der Waals surface area contributed by atoms with Crippen LogP contribution in [0.3, 0.4) is 0 Å². The van der Waals surface area contributed by atoms with Gasteiger partial charge in [0.25, 0.3) is 5.91 Å². The van der Waals surface area contributed by atoms with Crippen molar-refractivity contribution in [2.24, 2.45) is 0 Å². The molecular weight excluding hydrogens is 366 g/mol. The molecule has 9 heteroatoms. The lowest BCUT2D eigenvalue weighted by Crippen LogP contribution is -2.44. The molecule has 2 aromatic rings. The molecule has 0 unspecified atom stereocenters. The van der Waals surface area contributed by atoms with E-state index in [1.807, 2.05) is 0 Å². The van der Waals surface area contributed by atoms with Crippen molar-refractivity contribution < 1.29 is 18.0 Å². The Kier molecular flexibility index (Phi) is 3.37. The molecule has 2 atom stereocenters. The van der Waals surface area contributed by atoms with Gasteiger partial charge in [0.15, 0.2) is 11.3 Å². The molecule has 2 N–H and O–H groups in total. The largest absolute Gasteiger partial charge is 0.349 e. The van der Waals surface area contributed by atoms with Gasteiger partial charge in [-0.3, -0.25) is 4.79 Å². The lowest BCUT2D eigenvalue weighted by molar-refractivity contribution is 0.0491. The Bertz CT molecular complexity index is 855. The first-order valence-corrected chi connectivity index (χ1v) is 8.04. The minimum atomic E-state index is -2.12. The number of rotatable bonds is 1. The van der Waals surface area contributed by atoms with Crippen LogP contribution in [-0.2, 0) is 0 Å². The van der Waals surface area contributed by atoms with Crippen molar-refractivity contribution in [1.29, 1.82) is 0 Å². The number of hydrogen-bond acceptors (Lipinski definition) is 2. The van der Waals surface area contributed by atoms with E-state index in [9.17, 15) is 18.0 Å². The van der Waals surface area contributed by atoms with Crippen LogP contribution in [0.4, 0.5) is 13.2 Å². The Morgan fingerprint density at radius 3 is 2.38 bits per heavy atom. The van der Waals surface area contributed by atoms with Crippen LogP contribution in [-0.4, -0.2) is 53.3 Å². The summed E-state index contributed by atoms with van der Waals surface area (Å²) in [5, 5.41) is 2.58. The van der Waals surface area contributed by atoms with E-state index in [-0.39, 0.29) is 47.3 Å². The second kappa shape index (κ2) is 5.03. The Balaban J connectivity index is 1.73. The molecule has 1 aromatic carbocycles. The summed E-state index contributed by atoms with van der Waals surface area (Å²) in [5.74, 6) is -1.31. The van der Waals surface area contributed by atoms with E-state index in [4.69, 9.17) is 23.2 Å². The van der Waals surface area contributed by atoms with E-state index in [0.717, 1.165) is 11.0 Å². The van der Waals surface area contributed by atoms with Gasteiger partial charge in [0.1, 0.15) is 11.5 Å². The Morgan fingerprint density at radius 1 is 1.12 bits per heavy atom. The first-order chi connectivity index (χ1) is 11.3. The number of H-pyrrole nitrogens is 1. The molecule has 2 fully saturated rings. The van der Waals surface area contributed by atoms with E-state index in [2.05, 4.69) is 10.3 Å². The third-order valence-electron chi connectivity index (χ3n) is 4.79. The number of amides is 1. The molecule has 24 heavy (non-hydrogen) atoms. The van der Waals surface area contributed by atoms with Crippen LogP contribution >= 0.6 is 23.2 Å². The standard InChI is InChI=1S/C15H12Cl2F3N3O/c16-10-7(18)1-2-8-9(10)11(17)12(22-8)13(24)23-5-14(19)3-21-4-15(14,20)6-23/h1-2,21-22H,3-6H2/t14-,15+. The van der Waals surface area contributed by atoms with Crippen LogP contribution in [0.25, 0.3) is 10.9 Å². The number of carbonyl (C=O) groups is 1. The van der Waals surface area contributed by atoms with Crippen LogP contribution < -0.4 is 5.32 Å². The summed E-state index contributed by atoms with van der Waals surface area (Å²) in [4.78, 5) is 16.5. The third-order valence-corrected chi connectivity index (χ3v) is 5.54. The minimum Gasteiger partial charge on any atom is -0.349 e. The highest BCUT2D eigenvalue weighted by Crippen LogP contribution is 2.42. The van der Waals surface area contributed by atoms with Crippen molar-refractivity contribution >= 4 is 40.0 Å². The maximum Gasteiger partial charge on any atom is 0.272 e. The zero-order valence-electron chi connectivity index (χ0n) is 12.2. The number of nitrogens with zero attached hydrogens (tertiary/aromatic N) is 1. The second-order valence-corrected chi connectivity index (χ2v) is 7.05. The number of likely N-dealkylation sites (tertiary alicyclic amines) is 1. The van der Waals surface area contributed by atoms with E-state index in [1.165, 1.54) is 6.07 Å². The van der Waals surface area contributed by atoms with E-state index >= 15 is 0 Å². The number of halogens is 5. The summed E-state index contributed by atoms with van der Waals surface area (Å²) < 4.78 is 43.0. The zero-order valence-corrected chi connectivity index (χ0v) is 13.7. The molecule has 0 spiro atoms. The average molecular weight is 378 g/mol. The molecule has 0 radical (unpaired) electrons. The third kappa shape index (κ3) is 2.01. The molecule has 0 saturated carbocycles. The SMILES string of the molecule is O=C(c1[nH]c2ccc(F)c(Cl)c2c1Cl)N1C[C@]2(F)CNC[C@]2(F)C1. The molecule has 128 valence electrons. The van der Waals surface area contributed by atoms with Gasteiger partial charge >= 0.3 is 0 Å². The van der Waals surface area contributed by atoms with Crippen LogP contribution in [0, 0.1) is 5.82 Å². The highest BCUT2D eigenvalue weighted by atomic mass is 35.5. The fraction of sp³-hybridized carbons (Fsp3) is 0.400. The van der Waals surface area contributed by atoms with Gasteiger partial charge < -0.3 is 15.2 Å². The fourth-order valence-corrected chi connectivity index (χ4v) is 4.10. The molecule has 0 bridgehead atoms. The van der Waals surface area contributed by atoms with E-state index in [0.29, 0.717) is 5.52 Å². The van der Waals surface area contributed by atoms with Crippen molar-refractivity contribution in [1.82, 2.24) is 15.2 Å². The first kappa shape index (κ1) is 16.1. The molecule has 4 rings (SSSR count). The zero-order chi connectivity index (χ0) is 17.3. The van der Waals surface area contributed by atoms with Crippen LogP contribution in [0.1, 0.15) is 10.5 Å². The van der Waals surface area contributed by atoms with Crippen LogP contribution in [0.5, 0.6) is 0 Å². The van der Waals surface area contributed by atoms with Gasteiger partial charge in [0.2, 0.25) is 0 Å². The molecule has 4 nitrogen and oxygen atoms in total. The molecule has 2 saturated heterocycles. The number of aromatic amines is 1. The Labute approximate surface area is 144 Å². The van der Waals surface area contributed by atoms with Gasteiger partial charge in [-0.15, -0.1) is 0 Å². The minimum absolute atomic E-state index is 0.0562. The van der Waals surface area contributed by atoms with Gasteiger partial charge in [-0.2, -0.15) is 0 Å². The van der Waals surface area contributed by atoms with E-state index < -0.39 is 23.1 Å². The van der Waals surface area contributed by atoms with Gasteiger partial charge in [0.05, 0.1) is 23.1 Å². The molecule has 2 aliphatic rings. The van der Waals surface area contributed by atoms with Crippen molar-refractivity contribution in [3.8, 4) is 0 Å². The predicted molar refractivity (Wildman–Crippen MR) is 84.7 cm³/mol. The molecule has 2 aliphatic heterocycles. The summed E-state index contributed by atoms with van der Waals surface area (Å²) in [5.41, 5.74) is -3.92. The van der Waals surface area contributed by atoms with Gasteiger partial charge in [-0.05, 0) is 12.1 Å². The topological polar surface area (TPSA) is 48.1 Å². The van der Waals surface area contributed by atoms with Crippen molar-refractivity contribution in [2.45, 2.75) is 11.3 Å². The quantitative estimate of drug-likeness (QED) is 0.802. The maximum absolute atomic E-state index is 14.7. The van der Waals surface area contributed by atoms with E-state index in [1.54, 1.807) is 0 Å². The number of fused-ring (bicyclic) bond motifs is 2. The normalized spacial score (nSPS) is 29.5. The smallest absolute Gasteiger partial charge is 0.272 e. The Morgan fingerprint density at radius 2 is 1.75 bits per heavy atom. The summed E-state index contributed by atoms with van der Waals surface area (Å²) in [6.45, 7) is -1.04. The molecule has 1 aromatic heterocycles. The second-order valence-electron chi connectivity index (χ2n) is 6.29. The lowest BCUT2D eigenvalue weighted by Gasteiger charge is -2.21. The summed E-state index contributed by atoms with van der Waals surface area (Å²) in [6, 6.07) is 2.54. The van der Waals surface area contributed by atoms with Crippen molar-refractivity contribution in [2.75, 3.05) is 26.2 Å². The lowest BCUT2D eigenvalue weighted by atomic mass is 9.94. The predicted octanol–water partition coefficient (Wildman–Crippen LogP) is 3.09. The van der Waals surface area contributed by atoms with Crippen LogP contribution in [0.2, 0.25) is 10.0 Å². The summed E-state index contributed by atoms with van der Waals surface area (Å²) in [7, 11) is 0. The van der Waals surface area contributed by atoms with Crippen molar-refractivity contribution in [3.05, 3.63) is 33.7 Å². The highest BCUT2D eigenvalue weighted by Gasteiger charge is 2.64. The number of benzene rings is 1. The number of aromatic nitrogens is 1. The Hall–Kier alpha value is -1.44. The molecule has 0 aliphatic carbocycles. The van der Waals surface area contributed by atoms with Crippen molar-refractivity contribution in [3.63, 3.8) is 0 Å². The number of hydrogen-bond donors (Lipinski definition) is 2.